The highest BCUT2D eigenvalue weighted by Gasteiger charge is 2.23. The summed E-state index contributed by atoms with van der Waals surface area (Å²) >= 11 is 6.88. The zero-order valence-corrected chi connectivity index (χ0v) is 19.0. The summed E-state index contributed by atoms with van der Waals surface area (Å²) in [6.45, 7) is -0.474. The van der Waals surface area contributed by atoms with Crippen molar-refractivity contribution >= 4 is 50.4 Å². The molecule has 0 bridgehead atoms. The standard InChI is InChI=1S/C21H18ClNO6S2/c1-23(15-6-8-16(28-2)9-7-15)31(26,27)17-5-3-4-14(12-17)21(25)29-13-18(24)19-10-11-20(22)30-19/h3-12H,13H2,1-2H3. The summed E-state index contributed by atoms with van der Waals surface area (Å²) in [4.78, 5) is 24.7. The summed E-state index contributed by atoms with van der Waals surface area (Å²) in [7, 11) is -1.01. The van der Waals surface area contributed by atoms with Gasteiger partial charge in [0.05, 0.1) is 32.5 Å². The normalized spacial score (nSPS) is 11.1. The van der Waals surface area contributed by atoms with Crippen LogP contribution in [-0.2, 0) is 14.8 Å². The Hall–Kier alpha value is -2.88. The molecule has 0 fully saturated rings. The first-order valence-corrected chi connectivity index (χ1v) is 11.5. The molecule has 0 aliphatic rings. The number of Topliss-reactive ketones (excluding diaryl/α,β-unsaturated/α-hetero) is 1. The number of methoxy groups -OCH3 is 1. The Morgan fingerprint density at radius 1 is 1.06 bits per heavy atom. The molecule has 0 unspecified atom stereocenters. The van der Waals surface area contributed by atoms with Gasteiger partial charge in [0.2, 0.25) is 5.78 Å². The van der Waals surface area contributed by atoms with Crippen molar-refractivity contribution in [3.05, 3.63) is 75.4 Å². The molecule has 162 valence electrons. The Bertz CT molecular complexity index is 1200. The van der Waals surface area contributed by atoms with E-state index >= 15 is 0 Å². The van der Waals surface area contributed by atoms with Crippen molar-refractivity contribution in [2.24, 2.45) is 0 Å². The second kappa shape index (κ2) is 9.51. The number of rotatable bonds is 8. The van der Waals surface area contributed by atoms with Crippen molar-refractivity contribution in [1.82, 2.24) is 0 Å². The maximum Gasteiger partial charge on any atom is 0.338 e. The number of hydrogen-bond acceptors (Lipinski definition) is 7. The maximum absolute atomic E-state index is 13.0. The fourth-order valence-electron chi connectivity index (χ4n) is 2.62. The van der Waals surface area contributed by atoms with Crippen molar-refractivity contribution in [1.29, 1.82) is 0 Å². The second-order valence-electron chi connectivity index (χ2n) is 6.30. The number of anilines is 1. The highest BCUT2D eigenvalue weighted by molar-refractivity contribution is 7.92. The summed E-state index contributed by atoms with van der Waals surface area (Å²) in [6.07, 6.45) is 0. The van der Waals surface area contributed by atoms with Crippen LogP contribution in [0, 0.1) is 0 Å². The van der Waals surface area contributed by atoms with Gasteiger partial charge in [0, 0.05) is 7.05 Å². The quantitative estimate of drug-likeness (QED) is 0.354. The molecule has 10 heteroatoms. The van der Waals surface area contributed by atoms with Crippen LogP contribution in [0.2, 0.25) is 4.34 Å². The van der Waals surface area contributed by atoms with E-state index < -0.39 is 28.4 Å². The van der Waals surface area contributed by atoms with Crippen LogP contribution < -0.4 is 9.04 Å². The van der Waals surface area contributed by atoms with Crippen LogP contribution in [0.25, 0.3) is 0 Å². The molecule has 0 atom stereocenters. The van der Waals surface area contributed by atoms with Crippen LogP contribution in [-0.4, -0.2) is 40.9 Å². The molecule has 1 aromatic heterocycles. The SMILES string of the molecule is COc1ccc(N(C)S(=O)(=O)c2cccc(C(=O)OCC(=O)c3ccc(Cl)s3)c2)cc1. The lowest BCUT2D eigenvalue weighted by Crippen LogP contribution is -2.26. The average Bonchev–Trinajstić information content (AvgIpc) is 3.23. The van der Waals surface area contributed by atoms with E-state index in [1.807, 2.05) is 0 Å². The summed E-state index contributed by atoms with van der Waals surface area (Å²) in [5.41, 5.74) is 0.440. The van der Waals surface area contributed by atoms with E-state index in [0.29, 0.717) is 20.7 Å². The number of carbonyl (C=O) groups excluding carboxylic acids is 2. The van der Waals surface area contributed by atoms with Crippen LogP contribution in [0.1, 0.15) is 20.0 Å². The number of nitrogens with zero attached hydrogens (tertiary/aromatic N) is 1. The number of benzene rings is 2. The van der Waals surface area contributed by atoms with Crippen LogP contribution in [0.3, 0.4) is 0 Å². The first-order chi connectivity index (χ1) is 14.7. The lowest BCUT2D eigenvalue weighted by molar-refractivity contribution is 0.0475. The van der Waals surface area contributed by atoms with Gasteiger partial charge < -0.3 is 9.47 Å². The predicted octanol–water partition coefficient (Wildman–Crippen LogP) is 4.27. The van der Waals surface area contributed by atoms with Gasteiger partial charge in [-0.3, -0.25) is 9.10 Å². The number of esters is 1. The van der Waals surface area contributed by atoms with E-state index in [9.17, 15) is 18.0 Å². The lowest BCUT2D eigenvalue weighted by Gasteiger charge is -2.20. The van der Waals surface area contributed by atoms with Gasteiger partial charge >= 0.3 is 5.97 Å². The Morgan fingerprint density at radius 3 is 2.39 bits per heavy atom. The van der Waals surface area contributed by atoms with Gasteiger partial charge in [0.1, 0.15) is 5.75 Å². The average molecular weight is 480 g/mol. The van der Waals surface area contributed by atoms with E-state index in [4.69, 9.17) is 21.1 Å². The molecule has 2 aromatic carbocycles. The van der Waals surface area contributed by atoms with Gasteiger partial charge in [-0.1, -0.05) is 17.7 Å². The summed E-state index contributed by atoms with van der Waals surface area (Å²) in [5.74, 6) is -0.605. The van der Waals surface area contributed by atoms with E-state index in [-0.39, 0.29) is 10.5 Å². The molecule has 0 aliphatic heterocycles. The minimum absolute atomic E-state index is 0.0150. The highest BCUT2D eigenvalue weighted by Crippen LogP contribution is 2.25. The number of ether oxygens (including phenoxy) is 2. The molecule has 0 spiro atoms. The van der Waals surface area contributed by atoms with Crippen LogP contribution >= 0.6 is 22.9 Å². The number of halogens is 1. The molecule has 0 saturated heterocycles. The third-order valence-electron chi connectivity index (χ3n) is 4.35. The molecule has 1 heterocycles. The fraction of sp³-hybridized carbons (Fsp3) is 0.143. The van der Waals surface area contributed by atoms with E-state index in [1.165, 1.54) is 38.4 Å². The molecule has 0 amide bonds. The first kappa shape index (κ1) is 22.8. The molecule has 0 radical (unpaired) electrons. The van der Waals surface area contributed by atoms with Gasteiger partial charge in [0.15, 0.2) is 6.61 Å². The predicted molar refractivity (Wildman–Crippen MR) is 119 cm³/mol. The first-order valence-electron chi connectivity index (χ1n) is 8.91. The summed E-state index contributed by atoms with van der Waals surface area (Å²) in [5, 5.41) is 0. The van der Waals surface area contributed by atoms with E-state index in [2.05, 4.69) is 0 Å². The van der Waals surface area contributed by atoms with Gasteiger partial charge in [-0.25, -0.2) is 13.2 Å². The summed E-state index contributed by atoms with van der Waals surface area (Å²) in [6, 6.07) is 15.1. The molecule has 0 N–H and O–H groups in total. The largest absolute Gasteiger partial charge is 0.497 e. The molecular formula is C21H18ClNO6S2. The minimum Gasteiger partial charge on any atom is -0.497 e. The van der Waals surface area contributed by atoms with Gasteiger partial charge in [0.25, 0.3) is 10.0 Å². The Balaban J connectivity index is 1.74. The molecule has 7 nitrogen and oxygen atoms in total. The van der Waals surface area contributed by atoms with Crippen molar-refractivity contribution in [2.75, 3.05) is 25.1 Å². The molecule has 3 rings (SSSR count). The van der Waals surface area contributed by atoms with Crippen LogP contribution in [0.4, 0.5) is 5.69 Å². The molecule has 3 aromatic rings. The van der Waals surface area contributed by atoms with Crippen molar-refractivity contribution in [3.8, 4) is 5.75 Å². The van der Waals surface area contributed by atoms with Gasteiger partial charge in [-0.05, 0) is 54.6 Å². The Morgan fingerprint density at radius 2 is 1.77 bits per heavy atom. The van der Waals surface area contributed by atoms with E-state index in [1.54, 1.807) is 36.4 Å². The lowest BCUT2D eigenvalue weighted by atomic mass is 10.2. The van der Waals surface area contributed by atoms with Crippen LogP contribution in [0.15, 0.2) is 65.6 Å². The number of sulfonamides is 1. The summed E-state index contributed by atoms with van der Waals surface area (Å²) < 4.78 is 37.7. The zero-order valence-electron chi connectivity index (χ0n) is 16.6. The number of ketones is 1. The highest BCUT2D eigenvalue weighted by atomic mass is 35.5. The minimum atomic E-state index is -3.93. The van der Waals surface area contributed by atoms with E-state index in [0.717, 1.165) is 15.6 Å². The Kier molecular flexibility index (Phi) is 6.99. The molecular weight excluding hydrogens is 462 g/mol. The third-order valence-corrected chi connectivity index (χ3v) is 7.40. The molecule has 0 aliphatic carbocycles. The fourth-order valence-corrected chi connectivity index (χ4v) is 4.83. The monoisotopic (exact) mass is 479 g/mol. The number of carbonyl (C=O) groups is 2. The third kappa shape index (κ3) is 5.25. The van der Waals surface area contributed by atoms with Crippen molar-refractivity contribution in [3.63, 3.8) is 0 Å². The number of thiophene rings is 1. The van der Waals surface area contributed by atoms with Gasteiger partial charge in [-0.15, -0.1) is 11.3 Å². The smallest absolute Gasteiger partial charge is 0.338 e. The van der Waals surface area contributed by atoms with Crippen molar-refractivity contribution < 1.29 is 27.5 Å². The zero-order chi connectivity index (χ0) is 22.6. The second-order valence-corrected chi connectivity index (χ2v) is 9.99. The topological polar surface area (TPSA) is 90.0 Å². The van der Waals surface area contributed by atoms with Crippen molar-refractivity contribution in [2.45, 2.75) is 4.90 Å². The molecule has 0 saturated carbocycles. The maximum atomic E-state index is 13.0. The number of hydrogen-bond donors (Lipinski definition) is 0. The van der Waals surface area contributed by atoms with Crippen LogP contribution in [0.5, 0.6) is 5.75 Å². The van der Waals surface area contributed by atoms with Gasteiger partial charge in [-0.2, -0.15) is 0 Å². The molecule has 31 heavy (non-hydrogen) atoms. The Labute approximate surface area is 188 Å².